The maximum absolute atomic E-state index is 14.5. The SMILES string of the molecule is CCCc1cc(F)c(CCc2ccc(CCc3ccc(C)c(F)c3)c(F)c2)c(F)c1. The minimum atomic E-state index is -0.541. The van der Waals surface area contributed by atoms with Crippen molar-refractivity contribution >= 4 is 0 Å². The molecule has 3 rings (SSSR count). The van der Waals surface area contributed by atoms with Gasteiger partial charge in [-0.05, 0) is 91.1 Å². The molecule has 0 bridgehead atoms. The highest BCUT2D eigenvalue weighted by Crippen LogP contribution is 2.21. The Balaban J connectivity index is 1.63. The highest BCUT2D eigenvalue weighted by atomic mass is 19.1. The summed E-state index contributed by atoms with van der Waals surface area (Å²) in [6.07, 6.45) is 2.97. The molecular weight excluding hydrogens is 388 g/mol. The second kappa shape index (κ2) is 9.92. The van der Waals surface area contributed by atoms with E-state index in [1.54, 1.807) is 25.1 Å². The number of benzene rings is 3. The molecule has 3 aromatic rings. The van der Waals surface area contributed by atoms with E-state index in [2.05, 4.69) is 0 Å². The maximum atomic E-state index is 14.5. The van der Waals surface area contributed by atoms with E-state index < -0.39 is 11.6 Å². The van der Waals surface area contributed by atoms with E-state index in [0.29, 0.717) is 47.9 Å². The molecule has 0 heterocycles. The van der Waals surface area contributed by atoms with Gasteiger partial charge in [-0.25, -0.2) is 17.6 Å². The van der Waals surface area contributed by atoms with Gasteiger partial charge in [-0.2, -0.15) is 0 Å². The van der Waals surface area contributed by atoms with E-state index in [0.717, 1.165) is 12.0 Å². The van der Waals surface area contributed by atoms with Gasteiger partial charge in [0.2, 0.25) is 0 Å². The van der Waals surface area contributed by atoms with Gasteiger partial charge in [0.15, 0.2) is 0 Å². The van der Waals surface area contributed by atoms with Gasteiger partial charge in [0.25, 0.3) is 0 Å². The number of hydrogen-bond acceptors (Lipinski definition) is 0. The summed E-state index contributed by atoms with van der Waals surface area (Å²) in [5, 5.41) is 0. The van der Waals surface area contributed by atoms with Crippen LogP contribution >= 0.6 is 0 Å². The fourth-order valence-electron chi connectivity index (χ4n) is 3.62. The van der Waals surface area contributed by atoms with E-state index >= 15 is 0 Å². The van der Waals surface area contributed by atoms with Crippen molar-refractivity contribution in [3.05, 3.63) is 105 Å². The first-order chi connectivity index (χ1) is 14.4. The largest absolute Gasteiger partial charge is 0.207 e. The van der Waals surface area contributed by atoms with Crippen molar-refractivity contribution in [2.45, 2.75) is 52.4 Å². The fraction of sp³-hybridized carbons (Fsp3) is 0.308. The smallest absolute Gasteiger partial charge is 0.129 e. The summed E-state index contributed by atoms with van der Waals surface area (Å²) in [6, 6.07) is 12.7. The highest BCUT2D eigenvalue weighted by Gasteiger charge is 2.12. The Hall–Kier alpha value is -2.62. The van der Waals surface area contributed by atoms with Crippen LogP contribution in [-0.4, -0.2) is 0 Å². The van der Waals surface area contributed by atoms with Gasteiger partial charge in [0, 0.05) is 5.56 Å². The zero-order chi connectivity index (χ0) is 21.7. The lowest BCUT2D eigenvalue weighted by Crippen LogP contribution is -2.02. The summed E-state index contributed by atoms with van der Waals surface area (Å²) < 4.78 is 56.7. The molecule has 0 saturated carbocycles. The molecule has 30 heavy (non-hydrogen) atoms. The van der Waals surface area contributed by atoms with Crippen molar-refractivity contribution in [1.29, 1.82) is 0 Å². The lowest BCUT2D eigenvalue weighted by atomic mass is 9.98. The van der Waals surface area contributed by atoms with Gasteiger partial charge in [-0.3, -0.25) is 0 Å². The topological polar surface area (TPSA) is 0 Å². The monoisotopic (exact) mass is 414 g/mol. The van der Waals surface area contributed by atoms with Crippen molar-refractivity contribution in [3.8, 4) is 0 Å². The van der Waals surface area contributed by atoms with Gasteiger partial charge < -0.3 is 0 Å². The van der Waals surface area contributed by atoms with Gasteiger partial charge in [0.05, 0.1) is 0 Å². The molecule has 0 aromatic heterocycles. The molecule has 0 radical (unpaired) electrons. The van der Waals surface area contributed by atoms with Crippen LogP contribution in [0.15, 0.2) is 48.5 Å². The molecule has 0 aliphatic carbocycles. The predicted molar refractivity (Wildman–Crippen MR) is 113 cm³/mol. The maximum Gasteiger partial charge on any atom is 0.129 e. The van der Waals surface area contributed by atoms with E-state index in [9.17, 15) is 17.6 Å². The fourth-order valence-corrected chi connectivity index (χ4v) is 3.62. The minimum absolute atomic E-state index is 0.0423. The predicted octanol–water partition coefficient (Wildman–Crippen LogP) is 7.07. The van der Waals surface area contributed by atoms with E-state index in [1.165, 1.54) is 24.3 Å². The molecule has 0 spiro atoms. The molecular formula is C26H26F4. The van der Waals surface area contributed by atoms with E-state index in [-0.39, 0.29) is 23.6 Å². The molecule has 0 aliphatic rings. The molecule has 0 aliphatic heterocycles. The third-order valence-electron chi connectivity index (χ3n) is 5.44. The summed E-state index contributed by atoms with van der Waals surface area (Å²) in [7, 11) is 0. The van der Waals surface area contributed by atoms with E-state index in [4.69, 9.17) is 0 Å². The first kappa shape index (κ1) is 22.1. The first-order valence-electron chi connectivity index (χ1n) is 10.4. The van der Waals surface area contributed by atoms with Gasteiger partial charge >= 0.3 is 0 Å². The average molecular weight is 414 g/mol. The summed E-state index contributed by atoms with van der Waals surface area (Å²) in [6.45, 7) is 3.66. The third-order valence-corrected chi connectivity index (χ3v) is 5.44. The molecule has 0 atom stereocenters. The Labute approximate surface area is 175 Å². The minimum Gasteiger partial charge on any atom is -0.207 e. The highest BCUT2D eigenvalue weighted by molar-refractivity contribution is 5.30. The van der Waals surface area contributed by atoms with Crippen LogP contribution in [0, 0.1) is 30.2 Å². The Morgan fingerprint density at radius 1 is 0.567 bits per heavy atom. The van der Waals surface area contributed by atoms with Crippen LogP contribution in [0.5, 0.6) is 0 Å². The number of hydrogen-bond donors (Lipinski definition) is 0. The molecule has 0 nitrogen and oxygen atoms in total. The van der Waals surface area contributed by atoms with Gasteiger partial charge in [-0.15, -0.1) is 0 Å². The summed E-state index contributed by atoms with van der Waals surface area (Å²) >= 11 is 0. The van der Waals surface area contributed by atoms with Crippen molar-refractivity contribution in [1.82, 2.24) is 0 Å². The lowest BCUT2D eigenvalue weighted by molar-refractivity contribution is 0.550. The Kier molecular flexibility index (Phi) is 7.30. The normalized spacial score (nSPS) is 11.1. The summed E-state index contributed by atoms with van der Waals surface area (Å²) in [5.74, 6) is -1.69. The van der Waals surface area contributed by atoms with Crippen LogP contribution in [-0.2, 0) is 32.1 Å². The molecule has 0 amide bonds. The van der Waals surface area contributed by atoms with Crippen molar-refractivity contribution < 1.29 is 17.6 Å². The quantitative estimate of drug-likeness (QED) is 0.346. The molecule has 158 valence electrons. The molecule has 3 aromatic carbocycles. The molecule has 0 N–H and O–H groups in total. The first-order valence-corrected chi connectivity index (χ1v) is 10.4. The second-order valence-electron chi connectivity index (χ2n) is 7.80. The zero-order valence-electron chi connectivity index (χ0n) is 17.4. The van der Waals surface area contributed by atoms with Gasteiger partial charge in [0.1, 0.15) is 23.3 Å². The number of halogens is 4. The van der Waals surface area contributed by atoms with Crippen LogP contribution in [0.3, 0.4) is 0 Å². The Bertz CT molecular complexity index is 1000. The van der Waals surface area contributed by atoms with Gasteiger partial charge in [-0.1, -0.05) is 37.6 Å². The second-order valence-corrected chi connectivity index (χ2v) is 7.80. The summed E-state index contributed by atoms with van der Waals surface area (Å²) in [4.78, 5) is 0. The molecule has 0 saturated heterocycles. The van der Waals surface area contributed by atoms with Crippen LogP contribution < -0.4 is 0 Å². The Morgan fingerprint density at radius 2 is 1.13 bits per heavy atom. The lowest BCUT2D eigenvalue weighted by Gasteiger charge is -2.10. The summed E-state index contributed by atoms with van der Waals surface area (Å²) in [5.41, 5.74) is 3.33. The Morgan fingerprint density at radius 3 is 1.73 bits per heavy atom. The van der Waals surface area contributed by atoms with Crippen molar-refractivity contribution in [2.75, 3.05) is 0 Å². The van der Waals surface area contributed by atoms with Crippen LogP contribution in [0.1, 0.15) is 46.7 Å². The number of rotatable bonds is 8. The van der Waals surface area contributed by atoms with Crippen molar-refractivity contribution in [2.24, 2.45) is 0 Å². The van der Waals surface area contributed by atoms with Crippen LogP contribution in [0.4, 0.5) is 17.6 Å². The van der Waals surface area contributed by atoms with Crippen LogP contribution in [0.25, 0.3) is 0 Å². The molecule has 0 unspecified atom stereocenters. The molecule has 4 heteroatoms. The van der Waals surface area contributed by atoms with Crippen molar-refractivity contribution in [3.63, 3.8) is 0 Å². The average Bonchev–Trinajstić information content (AvgIpc) is 2.69. The standard InChI is InChI=1S/C26H26F4/c1-3-4-20-15-25(29)22(26(30)16-20)12-9-19-8-11-21(24(28)14-19)10-7-18-6-5-17(2)23(27)13-18/h5-6,8,11,13-16H,3-4,7,9-10,12H2,1-2H3. The zero-order valence-corrected chi connectivity index (χ0v) is 17.4. The third kappa shape index (κ3) is 5.50. The molecule has 0 fully saturated rings. The van der Waals surface area contributed by atoms with E-state index in [1.807, 2.05) is 13.0 Å². The number of aryl methyl sites for hydroxylation is 5. The van der Waals surface area contributed by atoms with Crippen LogP contribution in [0.2, 0.25) is 0 Å².